The van der Waals surface area contributed by atoms with Crippen LogP contribution in [0.15, 0.2) is 12.4 Å². The molecule has 1 atom stereocenters. The quantitative estimate of drug-likeness (QED) is 0.596. The summed E-state index contributed by atoms with van der Waals surface area (Å²) in [6, 6.07) is 1.40. The highest BCUT2D eigenvalue weighted by atomic mass is 35.5. The van der Waals surface area contributed by atoms with Crippen LogP contribution in [0.1, 0.15) is 35.7 Å². The number of aromatic nitrogens is 4. The maximum Gasteiger partial charge on any atom is 0.409 e. The van der Waals surface area contributed by atoms with Crippen LogP contribution in [0, 0.1) is 13.5 Å². The number of nitrogen functional groups attached to an aromatic ring is 1. The van der Waals surface area contributed by atoms with E-state index >= 15 is 0 Å². The molecule has 4 rings (SSSR count). The van der Waals surface area contributed by atoms with E-state index in [2.05, 4.69) is 19.9 Å². The van der Waals surface area contributed by atoms with E-state index in [1.54, 1.807) is 22.8 Å². The number of rotatable bonds is 4. The Morgan fingerprint density at radius 3 is 2.72 bits per heavy atom. The number of nitrogens with zero attached hydrogens (tertiary/aromatic N) is 6. The average Bonchev–Trinajstić information content (AvgIpc) is 3.09. The number of aryl methyl sites for hydroxylation is 1. The third-order valence-electron chi connectivity index (χ3n) is 5.82. The summed E-state index contributed by atoms with van der Waals surface area (Å²) < 4.78 is 12.3. The molecule has 0 radical (unpaired) electrons. The maximum absolute atomic E-state index is 11.8. The number of amides is 1. The lowest BCUT2D eigenvalue weighted by molar-refractivity contribution is 0.0876. The third-order valence-corrected chi connectivity index (χ3v) is 6.11. The molecule has 1 aliphatic rings. The van der Waals surface area contributed by atoms with E-state index in [0.29, 0.717) is 57.7 Å². The van der Waals surface area contributed by atoms with Crippen molar-refractivity contribution in [2.75, 3.05) is 33.0 Å². The molecule has 0 spiro atoms. The van der Waals surface area contributed by atoms with Crippen molar-refractivity contribution < 1.29 is 14.3 Å². The Bertz CT molecular complexity index is 1260. The van der Waals surface area contributed by atoms with Crippen molar-refractivity contribution in [3.63, 3.8) is 0 Å². The SMILES string of the molecule is [C-]#[N+]c1c(Cl)cc(C(C)n2nc(C)c3c(N)ncnc32)c(OC)c1C1CN(C(=O)OC)C1. The number of benzene rings is 1. The highest BCUT2D eigenvalue weighted by Gasteiger charge is 2.38. The molecule has 166 valence electrons. The lowest BCUT2D eigenvalue weighted by Crippen LogP contribution is -2.48. The van der Waals surface area contributed by atoms with Crippen LogP contribution in [-0.4, -0.2) is 58.1 Å². The van der Waals surface area contributed by atoms with Crippen LogP contribution in [0.4, 0.5) is 16.3 Å². The van der Waals surface area contributed by atoms with E-state index in [1.807, 2.05) is 13.8 Å². The van der Waals surface area contributed by atoms with Gasteiger partial charge < -0.3 is 20.1 Å². The molecule has 3 aromatic rings. The van der Waals surface area contributed by atoms with E-state index in [-0.39, 0.29) is 12.0 Å². The standard InChI is InChI=1S/C21H22ClN7O3/c1-10-15-19(23)25-9-26-20(15)29(27-10)11(2)13-6-14(22)17(24-3)16(18(13)31-4)12-7-28(8-12)21(30)32-5/h6,9,11-12H,7-8H2,1-2,4-5H3,(H2,23,25,26). The van der Waals surface area contributed by atoms with Gasteiger partial charge in [-0.2, -0.15) is 5.10 Å². The molecular weight excluding hydrogens is 434 g/mol. The van der Waals surface area contributed by atoms with E-state index in [9.17, 15) is 4.79 Å². The minimum atomic E-state index is -0.407. The molecular formula is C21H22ClN7O3. The van der Waals surface area contributed by atoms with Crippen LogP contribution in [0.5, 0.6) is 5.75 Å². The number of fused-ring (bicyclic) bond motifs is 1. The van der Waals surface area contributed by atoms with Crippen LogP contribution in [-0.2, 0) is 4.74 Å². The summed E-state index contributed by atoms with van der Waals surface area (Å²) in [5.41, 5.74) is 9.09. The minimum absolute atomic E-state index is 0.105. The normalized spacial score (nSPS) is 14.7. The molecule has 10 nitrogen and oxygen atoms in total. The Hall–Kier alpha value is -3.58. The molecule has 1 aromatic carbocycles. The van der Waals surface area contributed by atoms with Crippen LogP contribution >= 0.6 is 11.6 Å². The Labute approximate surface area is 189 Å². The number of anilines is 1. The van der Waals surface area contributed by atoms with Gasteiger partial charge in [0.05, 0.1) is 37.9 Å². The smallest absolute Gasteiger partial charge is 0.409 e. The second kappa shape index (κ2) is 8.16. The van der Waals surface area contributed by atoms with Gasteiger partial charge in [0.2, 0.25) is 5.69 Å². The number of likely N-dealkylation sites (tertiary alicyclic amines) is 1. The van der Waals surface area contributed by atoms with Gasteiger partial charge in [-0.3, -0.25) is 0 Å². The second-order valence-corrected chi connectivity index (χ2v) is 8.00. The summed E-state index contributed by atoms with van der Waals surface area (Å²) in [5.74, 6) is 0.801. The zero-order valence-corrected chi connectivity index (χ0v) is 18.8. The number of methoxy groups -OCH3 is 2. The highest BCUT2D eigenvalue weighted by Crippen LogP contribution is 2.48. The van der Waals surface area contributed by atoms with Crippen LogP contribution in [0.25, 0.3) is 15.9 Å². The number of nitrogens with two attached hydrogens (primary N) is 1. The maximum atomic E-state index is 11.8. The van der Waals surface area contributed by atoms with Gasteiger partial charge in [-0.05, 0) is 19.9 Å². The molecule has 2 aromatic heterocycles. The predicted molar refractivity (Wildman–Crippen MR) is 119 cm³/mol. The van der Waals surface area contributed by atoms with Gasteiger partial charge in [-0.1, -0.05) is 11.6 Å². The zero-order chi connectivity index (χ0) is 23.2. The fourth-order valence-corrected chi connectivity index (χ4v) is 4.46. The number of carbonyl (C=O) groups excluding carboxylic acids is 1. The van der Waals surface area contributed by atoms with Crippen molar-refractivity contribution in [2.45, 2.75) is 25.8 Å². The zero-order valence-electron chi connectivity index (χ0n) is 18.1. The van der Waals surface area contributed by atoms with Gasteiger partial charge in [-0.15, -0.1) is 0 Å². The van der Waals surface area contributed by atoms with Gasteiger partial charge in [0.1, 0.15) is 17.9 Å². The molecule has 11 heteroatoms. The van der Waals surface area contributed by atoms with Gasteiger partial charge in [-0.25, -0.2) is 24.3 Å². The summed E-state index contributed by atoms with van der Waals surface area (Å²) in [5, 5.41) is 5.64. The van der Waals surface area contributed by atoms with Crippen LogP contribution < -0.4 is 10.5 Å². The predicted octanol–water partition coefficient (Wildman–Crippen LogP) is 3.70. The summed E-state index contributed by atoms with van der Waals surface area (Å²) in [6.45, 7) is 12.3. The van der Waals surface area contributed by atoms with Crippen molar-refractivity contribution in [1.29, 1.82) is 0 Å². The van der Waals surface area contributed by atoms with Crippen molar-refractivity contribution in [1.82, 2.24) is 24.6 Å². The van der Waals surface area contributed by atoms with E-state index < -0.39 is 6.09 Å². The molecule has 0 saturated carbocycles. The molecule has 2 N–H and O–H groups in total. The minimum Gasteiger partial charge on any atom is -0.497 e. The van der Waals surface area contributed by atoms with Crippen molar-refractivity contribution in [3.05, 3.63) is 45.7 Å². The average molecular weight is 456 g/mol. The Kier molecular flexibility index (Phi) is 5.52. The summed E-state index contributed by atoms with van der Waals surface area (Å²) in [6.07, 6.45) is 0.992. The van der Waals surface area contributed by atoms with Crippen molar-refractivity contribution in [3.8, 4) is 5.75 Å². The summed E-state index contributed by atoms with van der Waals surface area (Å²) >= 11 is 6.55. The summed E-state index contributed by atoms with van der Waals surface area (Å²) in [7, 11) is 2.90. The largest absolute Gasteiger partial charge is 0.497 e. The first-order valence-corrected chi connectivity index (χ1v) is 10.3. The Morgan fingerprint density at radius 2 is 2.09 bits per heavy atom. The molecule has 3 heterocycles. The summed E-state index contributed by atoms with van der Waals surface area (Å²) in [4.78, 5) is 25.5. The first-order valence-electron chi connectivity index (χ1n) is 9.88. The third kappa shape index (κ3) is 3.26. The molecule has 1 fully saturated rings. The van der Waals surface area contributed by atoms with Gasteiger partial charge in [0.15, 0.2) is 5.65 Å². The number of hydrogen-bond acceptors (Lipinski definition) is 7. The van der Waals surface area contributed by atoms with E-state index in [1.165, 1.54) is 13.4 Å². The van der Waals surface area contributed by atoms with Gasteiger partial charge in [0, 0.05) is 35.2 Å². The second-order valence-electron chi connectivity index (χ2n) is 7.59. The Balaban J connectivity index is 1.84. The first kappa shape index (κ1) is 21.6. The van der Waals surface area contributed by atoms with Crippen LogP contribution in [0.3, 0.4) is 0 Å². The van der Waals surface area contributed by atoms with Gasteiger partial charge in [0.25, 0.3) is 0 Å². The number of halogens is 1. The Morgan fingerprint density at radius 1 is 1.38 bits per heavy atom. The molecule has 0 bridgehead atoms. The topological polar surface area (TPSA) is 113 Å². The van der Waals surface area contributed by atoms with Crippen molar-refractivity contribution in [2.24, 2.45) is 0 Å². The number of ether oxygens (including phenoxy) is 2. The molecule has 1 aliphatic heterocycles. The molecule has 1 saturated heterocycles. The highest BCUT2D eigenvalue weighted by molar-refractivity contribution is 6.33. The molecule has 32 heavy (non-hydrogen) atoms. The van der Waals surface area contributed by atoms with E-state index in [0.717, 1.165) is 5.56 Å². The lowest BCUT2D eigenvalue weighted by Gasteiger charge is -2.40. The molecule has 1 unspecified atom stereocenters. The first-order chi connectivity index (χ1) is 15.3. The number of carbonyl (C=O) groups is 1. The fraction of sp³-hybridized carbons (Fsp3) is 0.381. The monoisotopic (exact) mass is 455 g/mol. The van der Waals surface area contributed by atoms with Crippen LogP contribution in [0.2, 0.25) is 5.02 Å². The molecule has 0 aliphatic carbocycles. The molecule has 1 amide bonds. The lowest BCUT2D eigenvalue weighted by atomic mass is 9.87. The fourth-order valence-electron chi connectivity index (χ4n) is 4.20. The van der Waals surface area contributed by atoms with E-state index in [4.69, 9.17) is 33.4 Å². The van der Waals surface area contributed by atoms with Crippen molar-refractivity contribution >= 4 is 40.2 Å². The number of hydrogen-bond donors (Lipinski definition) is 1. The van der Waals surface area contributed by atoms with Gasteiger partial charge >= 0.3 is 6.09 Å².